The molecule has 0 aromatic carbocycles. The fourth-order valence-electron chi connectivity index (χ4n) is 2.50. The van der Waals surface area contributed by atoms with Crippen molar-refractivity contribution in [3.63, 3.8) is 0 Å². The molecular formula is C16H22BrN. The van der Waals surface area contributed by atoms with E-state index in [9.17, 15) is 0 Å². The molecule has 0 amide bonds. The maximum absolute atomic E-state index is 3.58. The predicted molar refractivity (Wildman–Crippen MR) is 82.6 cm³/mol. The van der Waals surface area contributed by atoms with Gasteiger partial charge in [0.05, 0.1) is 6.04 Å². The van der Waals surface area contributed by atoms with E-state index in [2.05, 4.69) is 71.1 Å². The van der Waals surface area contributed by atoms with Crippen molar-refractivity contribution in [2.24, 2.45) is 5.92 Å². The fourth-order valence-corrected chi connectivity index (χ4v) is 2.83. The summed E-state index contributed by atoms with van der Waals surface area (Å²) >= 11 is 3.58. The van der Waals surface area contributed by atoms with Crippen molar-refractivity contribution >= 4 is 15.9 Å². The summed E-state index contributed by atoms with van der Waals surface area (Å²) in [7, 11) is 0. The third kappa shape index (κ3) is 3.61. The zero-order valence-corrected chi connectivity index (χ0v) is 12.9. The van der Waals surface area contributed by atoms with Crippen molar-refractivity contribution in [1.29, 1.82) is 0 Å². The third-order valence-corrected chi connectivity index (χ3v) is 4.03. The van der Waals surface area contributed by atoms with E-state index in [-0.39, 0.29) is 0 Å². The lowest BCUT2D eigenvalue weighted by Crippen LogP contribution is -2.36. The normalized spacial score (nSPS) is 23.0. The summed E-state index contributed by atoms with van der Waals surface area (Å²) in [5, 5.41) is 0. The van der Waals surface area contributed by atoms with Crippen LogP contribution in [0.2, 0.25) is 0 Å². The molecule has 98 valence electrons. The molecule has 18 heavy (non-hydrogen) atoms. The van der Waals surface area contributed by atoms with E-state index in [0.717, 1.165) is 25.8 Å². The van der Waals surface area contributed by atoms with Gasteiger partial charge in [0, 0.05) is 12.2 Å². The van der Waals surface area contributed by atoms with Crippen molar-refractivity contribution in [1.82, 2.24) is 4.90 Å². The van der Waals surface area contributed by atoms with Crippen molar-refractivity contribution in [2.45, 2.75) is 39.2 Å². The fraction of sp³-hybridized carbons (Fsp3) is 0.500. The van der Waals surface area contributed by atoms with Crippen LogP contribution in [0, 0.1) is 5.92 Å². The highest BCUT2D eigenvalue weighted by Gasteiger charge is 2.20. The Morgan fingerprint density at radius 2 is 2.11 bits per heavy atom. The van der Waals surface area contributed by atoms with Crippen LogP contribution in [0.5, 0.6) is 0 Å². The maximum atomic E-state index is 3.58. The molecule has 0 N–H and O–H groups in total. The minimum absolute atomic E-state index is 0.536. The molecule has 0 radical (unpaired) electrons. The minimum Gasteiger partial charge on any atom is -0.368 e. The highest BCUT2D eigenvalue weighted by atomic mass is 79.9. The predicted octanol–water partition coefficient (Wildman–Crippen LogP) is 4.79. The van der Waals surface area contributed by atoms with E-state index in [1.54, 1.807) is 0 Å². The van der Waals surface area contributed by atoms with E-state index in [0.29, 0.717) is 12.0 Å². The van der Waals surface area contributed by atoms with Gasteiger partial charge in [-0.2, -0.15) is 0 Å². The molecular weight excluding hydrogens is 286 g/mol. The first-order valence-electron chi connectivity index (χ1n) is 6.82. The Labute approximate surface area is 119 Å². The van der Waals surface area contributed by atoms with Gasteiger partial charge in [0.15, 0.2) is 0 Å². The van der Waals surface area contributed by atoms with Crippen molar-refractivity contribution in [2.75, 3.05) is 6.54 Å². The monoisotopic (exact) mass is 307 g/mol. The summed E-state index contributed by atoms with van der Waals surface area (Å²) in [5.74, 6) is 0.694. The molecule has 0 saturated heterocycles. The van der Waals surface area contributed by atoms with Crippen LogP contribution in [-0.4, -0.2) is 17.5 Å². The molecule has 1 nitrogen and oxygen atoms in total. The molecule has 0 aliphatic heterocycles. The molecule has 0 heterocycles. The van der Waals surface area contributed by atoms with Crippen LogP contribution in [0.3, 0.4) is 0 Å². The number of hydrogen-bond acceptors (Lipinski definition) is 1. The first-order chi connectivity index (χ1) is 8.66. The van der Waals surface area contributed by atoms with Gasteiger partial charge in [-0.3, -0.25) is 0 Å². The average molecular weight is 308 g/mol. The molecule has 2 heteroatoms. The SMILES string of the molecule is CC(C)CN(C1=CC=C(Br)CC1)C1C=CC=CC1. The quantitative estimate of drug-likeness (QED) is 0.722. The van der Waals surface area contributed by atoms with E-state index < -0.39 is 0 Å². The topological polar surface area (TPSA) is 3.24 Å². The largest absolute Gasteiger partial charge is 0.368 e. The smallest absolute Gasteiger partial charge is 0.0507 e. The summed E-state index contributed by atoms with van der Waals surface area (Å²) in [4.78, 5) is 2.58. The van der Waals surface area contributed by atoms with Gasteiger partial charge in [0.25, 0.3) is 0 Å². The molecule has 2 aliphatic carbocycles. The summed E-state index contributed by atoms with van der Waals surface area (Å²) < 4.78 is 1.31. The number of allylic oxidation sites excluding steroid dienone is 6. The van der Waals surface area contributed by atoms with Crippen molar-refractivity contribution < 1.29 is 0 Å². The number of hydrogen-bond donors (Lipinski definition) is 0. The van der Waals surface area contributed by atoms with Crippen LogP contribution >= 0.6 is 15.9 Å². The zero-order chi connectivity index (χ0) is 13.0. The van der Waals surface area contributed by atoms with E-state index in [4.69, 9.17) is 0 Å². The van der Waals surface area contributed by atoms with Crippen LogP contribution in [0.1, 0.15) is 33.1 Å². The van der Waals surface area contributed by atoms with E-state index in [1.807, 2.05) is 0 Å². The summed E-state index contributed by atoms with van der Waals surface area (Å²) in [6, 6.07) is 0.536. The molecule has 1 atom stereocenters. The van der Waals surface area contributed by atoms with Gasteiger partial charge in [0.2, 0.25) is 0 Å². The van der Waals surface area contributed by atoms with E-state index >= 15 is 0 Å². The highest BCUT2D eigenvalue weighted by molar-refractivity contribution is 9.11. The standard InChI is InChI=1S/C16H22BrN/c1-13(2)12-18(15-6-4-3-5-7-15)16-10-8-14(17)9-11-16/h3-6,8,10,13,15H,7,9,11-12H2,1-2H3. The van der Waals surface area contributed by atoms with Crippen LogP contribution in [-0.2, 0) is 0 Å². The number of rotatable bonds is 4. The Morgan fingerprint density at radius 3 is 2.67 bits per heavy atom. The first-order valence-corrected chi connectivity index (χ1v) is 7.61. The van der Waals surface area contributed by atoms with Crippen molar-refractivity contribution in [3.8, 4) is 0 Å². The second-order valence-corrected chi connectivity index (χ2v) is 6.45. The van der Waals surface area contributed by atoms with Crippen LogP contribution in [0.15, 0.2) is 46.6 Å². The van der Waals surface area contributed by atoms with E-state index in [1.165, 1.54) is 10.2 Å². The Bertz CT molecular complexity index is 401. The van der Waals surface area contributed by atoms with Gasteiger partial charge in [-0.05, 0) is 35.7 Å². The van der Waals surface area contributed by atoms with Gasteiger partial charge in [-0.15, -0.1) is 0 Å². The van der Waals surface area contributed by atoms with Crippen LogP contribution in [0.4, 0.5) is 0 Å². The zero-order valence-electron chi connectivity index (χ0n) is 11.3. The Morgan fingerprint density at radius 1 is 1.28 bits per heavy atom. The molecule has 0 fully saturated rings. The maximum Gasteiger partial charge on any atom is 0.0507 e. The lowest BCUT2D eigenvalue weighted by atomic mass is 10.0. The third-order valence-electron chi connectivity index (χ3n) is 3.37. The lowest BCUT2D eigenvalue weighted by Gasteiger charge is -2.36. The summed E-state index contributed by atoms with van der Waals surface area (Å²) in [6.45, 7) is 5.73. The van der Waals surface area contributed by atoms with Gasteiger partial charge in [-0.25, -0.2) is 0 Å². The first kappa shape index (κ1) is 13.7. The second kappa shape index (κ2) is 6.42. The molecule has 0 saturated carbocycles. The summed E-state index contributed by atoms with van der Waals surface area (Å²) in [6.07, 6.45) is 16.8. The number of nitrogens with zero attached hydrogens (tertiary/aromatic N) is 1. The van der Waals surface area contributed by atoms with Gasteiger partial charge >= 0.3 is 0 Å². The molecule has 0 aromatic rings. The Kier molecular flexibility index (Phi) is 4.87. The average Bonchev–Trinajstić information content (AvgIpc) is 2.38. The second-order valence-electron chi connectivity index (χ2n) is 5.43. The summed E-state index contributed by atoms with van der Waals surface area (Å²) in [5.41, 5.74) is 1.48. The van der Waals surface area contributed by atoms with Crippen molar-refractivity contribution in [3.05, 3.63) is 46.6 Å². The molecule has 0 aromatic heterocycles. The van der Waals surface area contributed by atoms with Crippen LogP contribution < -0.4 is 0 Å². The molecule has 0 spiro atoms. The van der Waals surface area contributed by atoms with Crippen LogP contribution in [0.25, 0.3) is 0 Å². The van der Waals surface area contributed by atoms with Gasteiger partial charge in [-0.1, -0.05) is 60.2 Å². The minimum atomic E-state index is 0.536. The Hall–Kier alpha value is -0.760. The Balaban J connectivity index is 2.14. The van der Waals surface area contributed by atoms with Gasteiger partial charge < -0.3 is 4.90 Å². The number of halogens is 1. The molecule has 2 rings (SSSR count). The lowest BCUT2D eigenvalue weighted by molar-refractivity contribution is 0.251. The highest BCUT2D eigenvalue weighted by Crippen LogP contribution is 2.28. The molecule has 0 bridgehead atoms. The molecule has 2 aliphatic rings. The van der Waals surface area contributed by atoms with Gasteiger partial charge in [0.1, 0.15) is 0 Å². The molecule has 1 unspecified atom stereocenters.